The molecule has 1 aliphatic rings. The van der Waals surface area contributed by atoms with Gasteiger partial charge >= 0.3 is 6.18 Å². The first kappa shape index (κ1) is 22.7. The number of hydrogen-bond donors (Lipinski definition) is 0. The minimum Gasteiger partial charge on any atom is -0.288 e. The number of nitrogens with zero attached hydrogens (tertiary/aromatic N) is 2. The summed E-state index contributed by atoms with van der Waals surface area (Å²) in [5.41, 5.74) is -0.231. The molecule has 1 aliphatic heterocycles. The maximum atomic E-state index is 13.3. The Balaban J connectivity index is 1.58. The summed E-state index contributed by atoms with van der Waals surface area (Å²) in [5, 5.41) is 0.563. The Morgan fingerprint density at radius 3 is 2.47 bits per heavy atom. The monoisotopic (exact) mass is 482 g/mol. The summed E-state index contributed by atoms with van der Waals surface area (Å²) in [6, 6.07) is 11.3. The Labute approximate surface area is 187 Å². The molecule has 0 spiro atoms. The number of anilines is 1. The number of piperidine rings is 1. The molecular formula is C22H21F3N2O3S2. The average Bonchev–Trinajstić information content (AvgIpc) is 3.17. The Hall–Kier alpha value is -2.46. The van der Waals surface area contributed by atoms with Crippen LogP contribution in [-0.4, -0.2) is 30.6 Å². The number of rotatable bonds is 4. The number of sulfone groups is 1. The Morgan fingerprint density at radius 2 is 1.81 bits per heavy atom. The standard InChI is InChI=1S/C22H21F3N2O3S2/c1-21(2,32(29,30)16-7-5-6-15(12-16)22(23,24)25)14-10-11-27(19(28)13-14)20-26-17-8-3-4-9-18(17)31-20/h3-9,12,14H,10-11,13H2,1-2H3/t14-/m0/s1. The van der Waals surface area contributed by atoms with Gasteiger partial charge in [-0.2, -0.15) is 13.2 Å². The lowest BCUT2D eigenvalue weighted by Crippen LogP contribution is -2.48. The number of amides is 1. The van der Waals surface area contributed by atoms with Gasteiger partial charge in [0.05, 0.1) is 25.4 Å². The van der Waals surface area contributed by atoms with Gasteiger partial charge in [0.2, 0.25) is 5.91 Å². The summed E-state index contributed by atoms with van der Waals surface area (Å²) in [7, 11) is -4.13. The number of thiazole rings is 1. The summed E-state index contributed by atoms with van der Waals surface area (Å²) >= 11 is 1.39. The molecule has 4 rings (SSSR count). The fraction of sp³-hybridized carbons (Fsp3) is 0.364. The highest BCUT2D eigenvalue weighted by Gasteiger charge is 2.46. The zero-order valence-corrected chi connectivity index (χ0v) is 19.0. The van der Waals surface area contributed by atoms with Gasteiger partial charge < -0.3 is 0 Å². The van der Waals surface area contributed by atoms with Crippen molar-refractivity contribution in [2.45, 2.75) is 42.5 Å². The minimum absolute atomic E-state index is 0.0267. The second kappa shape index (κ2) is 7.84. The molecule has 0 radical (unpaired) electrons. The van der Waals surface area contributed by atoms with E-state index in [1.807, 2.05) is 24.3 Å². The summed E-state index contributed by atoms with van der Waals surface area (Å²) in [6.45, 7) is 3.26. The molecule has 0 unspecified atom stereocenters. The van der Waals surface area contributed by atoms with Gasteiger partial charge in [-0.25, -0.2) is 13.4 Å². The predicted molar refractivity (Wildman–Crippen MR) is 117 cm³/mol. The number of halogens is 3. The lowest BCUT2D eigenvalue weighted by Gasteiger charge is -2.39. The number of carbonyl (C=O) groups excluding carboxylic acids is 1. The van der Waals surface area contributed by atoms with Crippen LogP contribution in [0.5, 0.6) is 0 Å². The van der Waals surface area contributed by atoms with Crippen LogP contribution in [0.25, 0.3) is 10.2 Å². The van der Waals surface area contributed by atoms with Crippen LogP contribution >= 0.6 is 11.3 Å². The second-order valence-electron chi connectivity index (χ2n) is 8.33. The van der Waals surface area contributed by atoms with E-state index in [4.69, 9.17) is 0 Å². The van der Waals surface area contributed by atoms with Crippen molar-refractivity contribution in [2.75, 3.05) is 11.4 Å². The molecule has 0 saturated carbocycles. The fourth-order valence-electron chi connectivity index (χ4n) is 3.97. The number of aromatic nitrogens is 1. The van der Waals surface area contributed by atoms with Crippen molar-refractivity contribution in [2.24, 2.45) is 5.92 Å². The molecule has 0 aliphatic carbocycles. The van der Waals surface area contributed by atoms with E-state index in [0.29, 0.717) is 24.2 Å². The number of hydrogen-bond acceptors (Lipinski definition) is 5. The second-order valence-corrected chi connectivity index (χ2v) is 11.9. The van der Waals surface area contributed by atoms with Crippen molar-refractivity contribution in [1.82, 2.24) is 4.98 Å². The molecule has 1 atom stereocenters. The quantitative estimate of drug-likeness (QED) is 0.505. The van der Waals surface area contributed by atoms with Gasteiger partial charge in [0, 0.05) is 13.0 Å². The van der Waals surface area contributed by atoms with Crippen LogP contribution in [0.2, 0.25) is 0 Å². The van der Waals surface area contributed by atoms with Crippen molar-refractivity contribution in [3.63, 3.8) is 0 Å². The van der Waals surface area contributed by atoms with E-state index >= 15 is 0 Å². The first-order valence-corrected chi connectivity index (χ1v) is 12.3. The molecule has 2 heterocycles. The zero-order chi connectivity index (χ0) is 23.3. The lowest BCUT2D eigenvalue weighted by atomic mass is 9.85. The Bertz CT molecular complexity index is 1250. The van der Waals surface area contributed by atoms with Crippen molar-refractivity contribution in [1.29, 1.82) is 0 Å². The van der Waals surface area contributed by atoms with Gasteiger partial charge in [-0.05, 0) is 56.5 Å². The molecular weight excluding hydrogens is 461 g/mol. The highest BCUT2D eigenvalue weighted by Crippen LogP contribution is 2.41. The molecule has 1 saturated heterocycles. The van der Waals surface area contributed by atoms with Crippen LogP contribution < -0.4 is 4.90 Å². The van der Waals surface area contributed by atoms with E-state index in [1.54, 1.807) is 4.90 Å². The van der Waals surface area contributed by atoms with Crippen molar-refractivity contribution in [3.8, 4) is 0 Å². The summed E-state index contributed by atoms with van der Waals surface area (Å²) in [6.07, 6.45) is -4.28. The SMILES string of the molecule is CC(C)([C@H]1CCN(c2nc3ccccc3s2)C(=O)C1)S(=O)(=O)c1cccc(C(F)(F)F)c1. The largest absolute Gasteiger partial charge is 0.416 e. The topological polar surface area (TPSA) is 67.3 Å². The lowest BCUT2D eigenvalue weighted by molar-refractivity contribution is -0.137. The Kier molecular flexibility index (Phi) is 5.57. The molecule has 0 bridgehead atoms. The van der Waals surface area contributed by atoms with Gasteiger partial charge in [0.15, 0.2) is 15.0 Å². The molecule has 10 heteroatoms. The molecule has 170 valence electrons. The van der Waals surface area contributed by atoms with E-state index in [0.717, 1.165) is 22.3 Å². The van der Waals surface area contributed by atoms with Gasteiger partial charge in [-0.15, -0.1) is 0 Å². The Morgan fingerprint density at radius 1 is 1.09 bits per heavy atom. The fourth-order valence-corrected chi connectivity index (χ4v) is 6.76. The number of fused-ring (bicyclic) bond motifs is 1. The highest BCUT2D eigenvalue weighted by molar-refractivity contribution is 7.92. The molecule has 32 heavy (non-hydrogen) atoms. The van der Waals surface area contributed by atoms with E-state index in [2.05, 4.69) is 4.98 Å². The van der Waals surface area contributed by atoms with Crippen LogP contribution in [0.1, 0.15) is 32.3 Å². The number of alkyl halides is 3. The third kappa shape index (κ3) is 3.90. The van der Waals surface area contributed by atoms with Crippen molar-refractivity contribution >= 4 is 42.4 Å². The third-order valence-electron chi connectivity index (χ3n) is 6.08. The average molecular weight is 483 g/mol. The highest BCUT2D eigenvalue weighted by atomic mass is 32.2. The predicted octanol–water partition coefficient (Wildman–Crippen LogP) is 5.31. The molecule has 1 fully saturated rings. The number of carbonyl (C=O) groups is 1. The summed E-state index contributed by atoms with van der Waals surface area (Å²) in [5.74, 6) is -0.784. The first-order chi connectivity index (χ1) is 14.9. The first-order valence-electron chi connectivity index (χ1n) is 9.99. The van der Waals surface area contributed by atoms with Crippen LogP contribution in [0.4, 0.5) is 18.3 Å². The number of para-hydroxylation sites is 1. The maximum Gasteiger partial charge on any atom is 0.416 e. The van der Waals surface area contributed by atoms with Crippen molar-refractivity contribution in [3.05, 3.63) is 54.1 Å². The molecule has 1 amide bonds. The number of benzene rings is 2. The van der Waals surface area contributed by atoms with Crippen LogP contribution in [0, 0.1) is 5.92 Å². The third-order valence-corrected chi connectivity index (χ3v) is 9.74. The maximum absolute atomic E-state index is 13.3. The van der Waals surface area contributed by atoms with Crippen LogP contribution in [-0.2, 0) is 20.8 Å². The van der Waals surface area contributed by atoms with Gasteiger partial charge in [-0.1, -0.05) is 29.5 Å². The summed E-state index contributed by atoms with van der Waals surface area (Å²) in [4.78, 5) is 18.6. The minimum atomic E-state index is -4.64. The smallest absolute Gasteiger partial charge is 0.288 e. The van der Waals surface area contributed by atoms with Crippen LogP contribution in [0.15, 0.2) is 53.4 Å². The van der Waals surface area contributed by atoms with Gasteiger partial charge in [0.25, 0.3) is 0 Å². The van der Waals surface area contributed by atoms with E-state index < -0.39 is 37.1 Å². The molecule has 5 nitrogen and oxygen atoms in total. The zero-order valence-electron chi connectivity index (χ0n) is 17.4. The van der Waals surface area contributed by atoms with Gasteiger partial charge in [-0.3, -0.25) is 9.69 Å². The van der Waals surface area contributed by atoms with Crippen molar-refractivity contribution < 1.29 is 26.4 Å². The molecule has 2 aromatic carbocycles. The van der Waals surface area contributed by atoms with Gasteiger partial charge in [0.1, 0.15) is 0 Å². The molecule has 1 aromatic heterocycles. The van der Waals surface area contributed by atoms with Crippen LogP contribution in [0.3, 0.4) is 0 Å². The van der Waals surface area contributed by atoms with E-state index in [9.17, 15) is 26.4 Å². The van der Waals surface area contributed by atoms with E-state index in [-0.39, 0.29) is 12.3 Å². The van der Waals surface area contributed by atoms with E-state index in [1.165, 1.54) is 31.3 Å². The summed E-state index contributed by atoms with van der Waals surface area (Å²) < 4.78 is 65.4. The molecule has 0 N–H and O–H groups in total. The normalized spacial score (nSPS) is 18.3. The molecule has 3 aromatic rings.